The Kier molecular flexibility index (Phi) is 9.61. The standard InChI is InChI=1S/C23H30ClNO5/c1-5-7-12-30-19-10-8-16(13-22(19)29-6-2)9-11-23(26)25-18-15-20(27-3)17(24)14-21(18)28-4/h8,10,13-15H,5-7,9,11-12H2,1-4H3,(H,25,26). The zero-order valence-electron chi connectivity index (χ0n) is 18.0. The van der Waals surface area contributed by atoms with Gasteiger partial charge in [-0.2, -0.15) is 0 Å². The van der Waals surface area contributed by atoms with Crippen LogP contribution in [0.4, 0.5) is 5.69 Å². The van der Waals surface area contributed by atoms with Crippen LogP contribution in [0, 0.1) is 0 Å². The van der Waals surface area contributed by atoms with Crippen molar-refractivity contribution >= 4 is 23.2 Å². The second-order valence-corrected chi connectivity index (χ2v) is 7.06. The molecule has 2 aromatic rings. The lowest BCUT2D eigenvalue weighted by Crippen LogP contribution is -2.13. The fourth-order valence-electron chi connectivity index (χ4n) is 2.85. The summed E-state index contributed by atoms with van der Waals surface area (Å²) in [5.74, 6) is 2.24. The zero-order chi connectivity index (χ0) is 21.9. The molecule has 0 atom stereocenters. The Balaban J connectivity index is 2.03. The molecule has 0 spiro atoms. The molecule has 0 aliphatic heterocycles. The van der Waals surface area contributed by atoms with E-state index in [1.54, 1.807) is 12.1 Å². The van der Waals surface area contributed by atoms with Gasteiger partial charge < -0.3 is 24.3 Å². The molecular formula is C23H30ClNO5. The van der Waals surface area contributed by atoms with Gasteiger partial charge in [-0.1, -0.05) is 31.0 Å². The summed E-state index contributed by atoms with van der Waals surface area (Å²) in [6.07, 6.45) is 2.93. The lowest BCUT2D eigenvalue weighted by Gasteiger charge is -2.14. The minimum absolute atomic E-state index is 0.140. The van der Waals surface area contributed by atoms with Crippen LogP contribution in [0.1, 0.15) is 38.7 Å². The molecule has 2 aromatic carbocycles. The largest absolute Gasteiger partial charge is 0.495 e. The van der Waals surface area contributed by atoms with Crippen LogP contribution in [0.2, 0.25) is 5.02 Å². The van der Waals surface area contributed by atoms with Crippen molar-refractivity contribution in [2.75, 3.05) is 32.8 Å². The maximum atomic E-state index is 12.5. The van der Waals surface area contributed by atoms with Crippen LogP contribution < -0.4 is 24.3 Å². The van der Waals surface area contributed by atoms with Crippen LogP contribution in [0.3, 0.4) is 0 Å². The van der Waals surface area contributed by atoms with Gasteiger partial charge in [0.15, 0.2) is 11.5 Å². The zero-order valence-corrected chi connectivity index (χ0v) is 18.8. The van der Waals surface area contributed by atoms with E-state index >= 15 is 0 Å². The molecule has 0 saturated heterocycles. The second-order valence-electron chi connectivity index (χ2n) is 6.65. The van der Waals surface area contributed by atoms with Crippen molar-refractivity contribution in [1.82, 2.24) is 0 Å². The quantitative estimate of drug-likeness (QED) is 0.445. The molecule has 164 valence electrons. The van der Waals surface area contributed by atoms with Crippen molar-refractivity contribution < 1.29 is 23.7 Å². The highest BCUT2D eigenvalue weighted by atomic mass is 35.5. The monoisotopic (exact) mass is 435 g/mol. The summed E-state index contributed by atoms with van der Waals surface area (Å²) in [7, 11) is 3.04. The van der Waals surface area contributed by atoms with Crippen molar-refractivity contribution in [3.05, 3.63) is 40.9 Å². The first-order chi connectivity index (χ1) is 14.5. The average molecular weight is 436 g/mol. The number of ether oxygens (including phenoxy) is 4. The summed E-state index contributed by atoms with van der Waals surface area (Å²) in [6.45, 7) is 5.26. The van der Waals surface area contributed by atoms with Gasteiger partial charge in [0.05, 0.1) is 38.1 Å². The number of benzene rings is 2. The molecule has 2 rings (SSSR count). The molecule has 0 heterocycles. The second kappa shape index (κ2) is 12.2. The molecule has 0 aliphatic carbocycles. The Morgan fingerprint density at radius 1 is 0.967 bits per heavy atom. The average Bonchev–Trinajstić information content (AvgIpc) is 2.74. The van der Waals surface area contributed by atoms with E-state index < -0.39 is 0 Å². The normalized spacial score (nSPS) is 10.4. The first kappa shape index (κ1) is 23.7. The minimum Gasteiger partial charge on any atom is -0.495 e. The Labute approximate surface area is 183 Å². The van der Waals surface area contributed by atoms with Gasteiger partial charge in [0.1, 0.15) is 11.5 Å². The summed E-state index contributed by atoms with van der Waals surface area (Å²) in [5.41, 5.74) is 1.51. The topological polar surface area (TPSA) is 66.0 Å². The fourth-order valence-corrected chi connectivity index (χ4v) is 3.08. The van der Waals surface area contributed by atoms with Crippen molar-refractivity contribution in [1.29, 1.82) is 0 Å². The number of halogens is 1. The van der Waals surface area contributed by atoms with Crippen LogP contribution in [0.25, 0.3) is 0 Å². The van der Waals surface area contributed by atoms with Gasteiger partial charge in [-0.05, 0) is 37.5 Å². The number of aryl methyl sites for hydroxylation is 1. The molecular weight excluding hydrogens is 406 g/mol. The number of carbonyl (C=O) groups excluding carboxylic acids is 1. The van der Waals surface area contributed by atoms with Crippen molar-refractivity contribution in [2.45, 2.75) is 39.5 Å². The molecule has 30 heavy (non-hydrogen) atoms. The number of hydrogen-bond donors (Lipinski definition) is 1. The third kappa shape index (κ3) is 6.73. The van der Waals surface area contributed by atoms with Crippen LogP contribution in [0.5, 0.6) is 23.0 Å². The molecule has 6 nitrogen and oxygen atoms in total. The van der Waals surface area contributed by atoms with Crippen molar-refractivity contribution in [3.63, 3.8) is 0 Å². The number of methoxy groups -OCH3 is 2. The molecule has 0 fully saturated rings. The van der Waals surface area contributed by atoms with E-state index in [0.717, 1.165) is 24.2 Å². The van der Waals surface area contributed by atoms with Gasteiger partial charge in [-0.25, -0.2) is 0 Å². The Morgan fingerprint density at radius 3 is 2.40 bits per heavy atom. The highest BCUT2D eigenvalue weighted by molar-refractivity contribution is 6.32. The third-order valence-electron chi connectivity index (χ3n) is 4.45. The third-order valence-corrected chi connectivity index (χ3v) is 4.75. The van der Waals surface area contributed by atoms with Gasteiger partial charge in [-0.3, -0.25) is 4.79 Å². The summed E-state index contributed by atoms with van der Waals surface area (Å²) in [4.78, 5) is 12.5. The summed E-state index contributed by atoms with van der Waals surface area (Å²) >= 11 is 6.11. The van der Waals surface area contributed by atoms with Gasteiger partial charge in [0.2, 0.25) is 5.91 Å². The molecule has 0 unspecified atom stereocenters. The van der Waals surface area contributed by atoms with Gasteiger partial charge in [0.25, 0.3) is 0 Å². The number of hydrogen-bond acceptors (Lipinski definition) is 5. The molecule has 0 saturated carbocycles. The van der Waals surface area contributed by atoms with Gasteiger partial charge in [0, 0.05) is 18.6 Å². The first-order valence-electron chi connectivity index (χ1n) is 10.1. The summed E-state index contributed by atoms with van der Waals surface area (Å²) in [6, 6.07) is 9.06. The van der Waals surface area contributed by atoms with Crippen LogP contribution in [-0.4, -0.2) is 33.3 Å². The SMILES string of the molecule is CCCCOc1ccc(CCC(=O)Nc2cc(OC)c(Cl)cc2OC)cc1OCC. The number of nitrogens with one attached hydrogen (secondary N) is 1. The van der Waals surface area contributed by atoms with E-state index in [9.17, 15) is 4.79 Å². The van der Waals surface area contributed by atoms with E-state index in [0.29, 0.717) is 54.0 Å². The van der Waals surface area contributed by atoms with Crippen LogP contribution in [0.15, 0.2) is 30.3 Å². The van der Waals surface area contributed by atoms with Gasteiger partial charge >= 0.3 is 0 Å². The number of anilines is 1. The lowest BCUT2D eigenvalue weighted by molar-refractivity contribution is -0.116. The Bertz CT molecular complexity index is 841. The minimum atomic E-state index is -0.140. The maximum absolute atomic E-state index is 12.5. The van der Waals surface area contributed by atoms with E-state index in [1.807, 2.05) is 25.1 Å². The van der Waals surface area contributed by atoms with Crippen LogP contribution in [-0.2, 0) is 11.2 Å². The molecule has 0 radical (unpaired) electrons. The van der Waals surface area contributed by atoms with E-state index in [1.165, 1.54) is 14.2 Å². The number of amides is 1. The van der Waals surface area contributed by atoms with Crippen LogP contribution >= 0.6 is 11.6 Å². The number of rotatable bonds is 12. The van der Waals surface area contributed by atoms with E-state index in [4.69, 9.17) is 30.5 Å². The summed E-state index contributed by atoms with van der Waals surface area (Å²) < 4.78 is 22.0. The molecule has 1 N–H and O–H groups in total. The summed E-state index contributed by atoms with van der Waals surface area (Å²) in [5, 5.41) is 3.27. The molecule has 0 bridgehead atoms. The first-order valence-corrected chi connectivity index (χ1v) is 10.5. The number of unbranched alkanes of at least 4 members (excludes halogenated alkanes) is 1. The molecule has 7 heteroatoms. The number of carbonyl (C=O) groups is 1. The predicted octanol–water partition coefficient (Wildman–Crippen LogP) is 5.51. The molecule has 0 aromatic heterocycles. The smallest absolute Gasteiger partial charge is 0.224 e. The molecule has 0 aliphatic rings. The predicted molar refractivity (Wildman–Crippen MR) is 120 cm³/mol. The highest BCUT2D eigenvalue weighted by Crippen LogP contribution is 2.36. The van der Waals surface area contributed by atoms with Gasteiger partial charge in [-0.15, -0.1) is 0 Å². The van der Waals surface area contributed by atoms with Crippen molar-refractivity contribution in [2.24, 2.45) is 0 Å². The van der Waals surface area contributed by atoms with E-state index in [-0.39, 0.29) is 5.91 Å². The highest BCUT2D eigenvalue weighted by Gasteiger charge is 2.13. The van der Waals surface area contributed by atoms with E-state index in [2.05, 4.69) is 12.2 Å². The Hall–Kier alpha value is -2.60. The molecule has 1 amide bonds. The van der Waals surface area contributed by atoms with Crippen molar-refractivity contribution in [3.8, 4) is 23.0 Å². The fraction of sp³-hybridized carbons (Fsp3) is 0.435. The lowest BCUT2D eigenvalue weighted by atomic mass is 10.1. The Morgan fingerprint density at radius 2 is 1.73 bits per heavy atom. The maximum Gasteiger partial charge on any atom is 0.224 e.